The summed E-state index contributed by atoms with van der Waals surface area (Å²) in [7, 11) is 3.83. The molecule has 5 rings (SSSR count). The maximum Gasteiger partial charge on any atom is 0.308 e. The fourth-order valence-electron chi connectivity index (χ4n) is 10.6. The van der Waals surface area contributed by atoms with E-state index in [1.165, 1.54) is 13.8 Å². The minimum atomic E-state index is -1.23. The van der Waals surface area contributed by atoms with Gasteiger partial charge in [0.2, 0.25) is 0 Å². The standard InChI is InChI=1S/C35H47NO8/c1-19-26(39)17-24-30(42-21(3)37)35-20(2)27(44-28(40)18-25(36(8)9)23-13-11-10-12-14-23)15-16-33(35,7)29(41)31(43-22(4)38)34(19,35)32(24,5)6/h10-14,19,24-25,27,29-31,41H,2,15-18H2,1,3-9H3/t19-,24+,25-,27+,29+,30-,31+,33+,34+,35-/m1/s1. The highest BCUT2D eigenvalue weighted by molar-refractivity contribution is 5.85. The van der Waals surface area contributed by atoms with Gasteiger partial charge >= 0.3 is 17.9 Å². The average Bonchev–Trinajstić information content (AvgIpc) is 3.17. The van der Waals surface area contributed by atoms with Crippen LogP contribution < -0.4 is 0 Å². The molecule has 4 aliphatic carbocycles. The molecule has 0 aliphatic heterocycles. The molecule has 1 N–H and O–H groups in total. The Morgan fingerprint density at radius 1 is 1.02 bits per heavy atom. The van der Waals surface area contributed by atoms with Crippen LogP contribution in [0, 0.1) is 33.5 Å². The smallest absolute Gasteiger partial charge is 0.308 e. The molecule has 2 bridgehead atoms. The van der Waals surface area contributed by atoms with Crippen molar-refractivity contribution in [3.05, 3.63) is 48.0 Å². The SMILES string of the molecule is C=C1[C@@H](OC(=O)C[C@H](c2ccccc2)N(C)C)CC[C@@]2(C)[C@@H](O)[C@H](OC(C)=O)[C@]34[C@H](C)C(=O)C[C@@H]([C@@H](OC(C)=O)[C@@]132)C4(C)C. The van der Waals surface area contributed by atoms with E-state index in [1.807, 2.05) is 77.0 Å². The Hall–Kier alpha value is -3.04. The summed E-state index contributed by atoms with van der Waals surface area (Å²) in [6.07, 6.45) is -2.82. The zero-order chi connectivity index (χ0) is 32.6. The van der Waals surface area contributed by atoms with Crippen molar-refractivity contribution in [2.24, 2.45) is 33.5 Å². The molecular formula is C35H47NO8. The average molecular weight is 610 g/mol. The molecule has 1 aromatic carbocycles. The summed E-state index contributed by atoms with van der Waals surface area (Å²) in [5.41, 5.74) is -2.66. The van der Waals surface area contributed by atoms with Crippen LogP contribution in [-0.2, 0) is 33.4 Å². The van der Waals surface area contributed by atoms with Gasteiger partial charge in [0.05, 0.1) is 17.9 Å². The van der Waals surface area contributed by atoms with Crippen molar-refractivity contribution in [2.75, 3.05) is 14.1 Å². The van der Waals surface area contributed by atoms with Crippen LogP contribution in [0.3, 0.4) is 0 Å². The van der Waals surface area contributed by atoms with E-state index in [1.54, 1.807) is 0 Å². The summed E-state index contributed by atoms with van der Waals surface area (Å²) < 4.78 is 18.5. The summed E-state index contributed by atoms with van der Waals surface area (Å²) in [5.74, 6) is -2.63. The molecule has 240 valence electrons. The first-order valence-electron chi connectivity index (χ1n) is 15.6. The fourth-order valence-corrected chi connectivity index (χ4v) is 10.6. The molecule has 44 heavy (non-hydrogen) atoms. The fraction of sp³-hybridized carbons (Fsp3) is 0.657. The van der Waals surface area contributed by atoms with Crippen LogP contribution in [0.15, 0.2) is 42.5 Å². The second kappa shape index (κ2) is 10.8. The van der Waals surface area contributed by atoms with Crippen molar-refractivity contribution < 1.29 is 38.5 Å². The molecule has 9 nitrogen and oxygen atoms in total. The van der Waals surface area contributed by atoms with Crippen molar-refractivity contribution in [1.29, 1.82) is 0 Å². The zero-order valence-electron chi connectivity index (χ0n) is 27.2. The van der Waals surface area contributed by atoms with Crippen LogP contribution in [0.2, 0.25) is 0 Å². The van der Waals surface area contributed by atoms with Crippen molar-refractivity contribution in [2.45, 2.75) is 97.7 Å². The Labute approximate surface area is 260 Å². The first kappa shape index (κ1) is 32.4. The lowest BCUT2D eigenvalue weighted by Crippen LogP contribution is -2.63. The van der Waals surface area contributed by atoms with E-state index >= 15 is 0 Å². The number of nitrogens with zero attached hydrogens (tertiary/aromatic N) is 1. The van der Waals surface area contributed by atoms with Crippen LogP contribution in [0.4, 0.5) is 0 Å². The van der Waals surface area contributed by atoms with E-state index in [0.717, 1.165) is 5.56 Å². The number of ether oxygens (including phenoxy) is 3. The van der Waals surface area contributed by atoms with Gasteiger partial charge in [-0.15, -0.1) is 0 Å². The summed E-state index contributed by atoms with van der Waals surface area (Å²) in [4.78, 5) is 54.9. The van der Waals surface area contributed by atoms with Gasteiger partial charge in [-0.3, -0.25) is 19.2 Å². The highest BCUT2D eigenvalue weighted by Gasteiger charge is 2.91. The van der Waals surface area contributed by atoms with E-state index in [9.17, 15) is 24.3 Å². The lowest BCUT2D eigenvalue weighted by molar-refractivity contribution is -0.191. The van der Waals surface area contributed by atoms with Crippen molar-refractivity contribution in [1.82, 2.24) is 4.90 Å². The number of Topliss-reactive ketones (excluding diaryl/α,β-unsaturated/α-hetero) is 1. The normalized spacial score (nSPS) is 39.3. The first-order chi connectivity index (χ1) is 20.5. The Balaban J connectivity index is 1.64. The number of carbonyl (C=O) groups is 4. The molecule has 4 saturated carbocycles. The lowest BCUT2D eigenvalue weighted by Gasteiger charge is -2.60. The Kier molecular flexibility index (Phi) is 7.94. The van der Waals surface area contributed by atoms with Gasteiger partial charge in [0, 0.05) is 49.0 Å². The van der Waals surface area contributed by atoms with E-state index < -0.39 is 75.8 Å². The van der Waals surface area contributed by atoms with Crippen LogP contribution in [0.25, 0.3) is 0 Å². The molecule has 0 radical (unpaired) electrons. The van der Waals surface area contributed by atoms with Crippen LogP contribution >= 0.6 is 0 Å². The number of rotatable bonds is 7. The van der Waals surface area contributed by atoms with E-state index in [2.05, 4.69) is 6.58 Å². The topological polar surface area (TPSA) is 119 Å². The molecule has 0 saturated heterocycles. The van der Waals surface area contributed by atoms with E-state index in [-0.39, 0.29) is 24.7 Å². The van der Waals surface area contributed by atoms with Crippen molar-refractivity contribution in [3.8, 4) is 0 Å². The molecule has 10 atom stereocenters. The number of hydrogen-bond donors (Lipinski definition) is 1. The quantitative estimate of drug-likeness (QED) is 0.272. The highest BCUT2D eigenvalue weighted by Crippen LogP contribution is 2.86. The molecule has 9 heteroatoms. The monoisotopic (exact) mass is 609 g/mol. The number of esters is 3. The largest absolute Gasteiger partial charge is 0.461 e. The Morgan fingerprint density at radius 2 is 1.61 bits per heavy atom. The molecule has 4 aliphatic rings. The number of carbonyl (C=O) groups excluding carboxylic acids is 4. The van der Waals surface area contributed by atoms with Crippen LogP contribution in [0.1, 0.15) is 78.8 Å². The second-order valence-electron chi connectivity index (χ2n) is 14.5. The number of benzene rings is 1. The third-order valence-corrected chi connectivity index (χ3v) is 12.2. The minimum Gasteiger partial charge on any atom is -0.461 e. The summed E-state index contributed by atoms with van der Waals surface area (Å²) in [6, 6.07) is 9.53. The molecule has 4 fully saturated rings. The zero-order valence-corrected chi connectivity index (χ0v) is 27.2. The minimum absolute atomic E-state index is 0.0411. The van der Waals surface area contributed by atoms with Crippen molar-refractivity contribution in [3.63, 3.8) is 0 Å². The molecule has 0 unspecified atom stereocenters. The number of hydrogen-bond acceptors (Lipinski definition) is 9. The van der Waals surface area contributed by atoms with Crippen LogP contribution in [-0.4, -0.2) is 72.2 Å². The van der Waals surface area contributed by atoms with E-state index in [4.69, 9.17) is 14.2 Å². The summed E-state index contributed by atoms with van der Waals surface area (Å²) in [6.45, 7) is 15.0. The third-order valence-electron chi connectivity index (χ3n) is 12.2. The molecule has 0 amide bonds. The van der Waals surface area contributed by atoms with Gasteiger partial charge in [-0.05, 0) is 43.5 Å². The van der Waals surface area contributed by atoms with Gasteiger partial charge in [0.1, 0.15) is 24.1 Å². The van der Waals surface area contributed by atoms with Gasteiger partial charge in [0.15, 0.2) is 0 Å². The molecule has 2 spiro atoms. The molecule has 1 aromatic rings. The van der Waals surface area contributed by atoms with Crippen LogP contribution in [0.5, 0.6) is 0 Å². The molecule has 0 heterocycles. The summed E-state index contributed by atoms with van der Waals surface area (Å²) >= 11 is 0. The number of aliphatic hydroxyl groups excluding tert-OH is 1. The van der Waals surface area contributed by atoms with Gasteiger partial charge in [-0.2, -0.15) is 0 Å². The van der Waals surface area contributed by atoms with Crippen molar-refractivity contribution >= 4 is 23.7 Å². The van der Waals surface area contributed by atoms with E-state index in [0.29, 0.717) is 18.4 Å². The Morgan fingerprint density at radius 3 is 2.18 bits per heavy atom. The number of fused-ring (bicyclic) bond motifs is 1. The number of ketones is 1. The first-order valence-corrected chi connectivity index (χ1v) is 15.6. The number of aliphatic hydroxyl groups is 1. The maximum absolute atomic E-state index is 13.8. The van der Waals surface area contributed by atoms with Gasteiger partial charge in [0.25, 0.3) is 0 Å². The van der Waals surface area contributed by atoms with Gasteiger partial charge in [-0.1, -0.05) is 64.6 Å². The summed E-state index contributed by atoms with van der Waals surface area (Å²) in [5, 5.41) is 12.2. The third kappa shape index (κ3) is 4.03. The molecule has 0 aromatic heterocycles. The predicted molar refractivity (Wildman–Crippen MR) is 162 cm³/mol. The predicted octanol–water partition coefficient (Wildman–Crippen LogP) is 4.42. The lowest BCUT2D eigenvalue weighted by atomic mass is 9.42. The Bertz CT molecular complexity index is 1370. The van der Waals surface area contributed by atoms with Gasteiger partial charge in [-0.25, -0.2) is 0 Å². The maximum atomic E-state index is 13.8. The van der Waals surface area contributed by atoms with Gasteiger partial charge < -0.3 is 24.2 Å². The highest BCUT2D eigenvalue weighted by atomic mass is 16.6. The second-order valence-corrected chi connectivity index (χ2v) is 14.5. The molecular weight excluding hydrogens is 562 g/mol.